The number of fused-ring (bicyclic) bond motifs is 1. The van der Waals surface area contributed by atoms with E-state index in [0.717, 1.165) is 0 Å². The van der Waals surface area contributed by atoms with Gasteiger partial charge in [0.15, 0.2) is 0 Å². The van der Waals surface area contributed by atoms with Crippen molar-refractivity contribution in [3.05, 3.63) is 36.2 Å². The third-order valence-corrected chi connectivity index (χ3v) is 3.22. The first-order valence-electron chi connectivity index (χ1n) is 4.38. The Bertz CT molecular complexity index is 642. The molecule has 0 aliphatic heterocycles. The van der Waals surface area contributed by atoms with E-state index in [9.17, 15) is 4.57 Å². The molecule has 80 valence electrons. The van der Waals surface area contributed by atoms with E-state index in [1.807, 2.05) is 6.07 Å². The first-order chi connectivity index (χ1) is 7.54. The minimum atomic E-state index is -4.33. The van der Waals surface area contributed by atoms with Gasteiger partial charge in [0.2, 0.25) is 0 Å². The number of benzene rings is 1. The van der Waals surface area contributed by atoms with Gasteiger partial charge in [-0.2, -0.15) is 5.26 Å². The summed E-state index contributed by atoms with van der Waals surface area (Å²) in [6.07, 6.45) is 1.36. The summed E-state index contributed by atoms with van der Waals surface area (Å²) in [5, 5.41) is 9.56. The third-order valence-electron chi connectivity index (χ3n) is 2.20. The van der Waals surface area contributed by atoms with E-state index in [1.54, 1.807) is 6.07 Å². The highest BCUT2D eigenvalue weighted by atomic mass is 31.2. The van der Waals surface area contributed by atoms with Gasteiger partial charge in [0, 0.05) is 17.0 Å². The molecule has 5 nitrogen and oxygen atoms in total. The molecule has 0 bridgehead atoms. The number of nitriles is 1. The zero-order chi connectivity index (χ0) is 11.8. The molecule has 2 rings (SSSR count). The summed E-state index contributed by atoms with van der Waals surface area (Å²) in [6.45, 7) is 0. The van der Waals surface area contributed by atoms with E-state index in [1.165, 1.54) is 24.4 Å². The highest BCUT2D eigenvalue weighted by Gasteiger charge is 2.20. The number of aromatic nitrogens is 1. The highest BCUT2D eigenvalue weighted by Crippen LogP contribution is 2.36. The van der Waals surface area contributed by atoms with Crippen molar-refractivity contribution < 1.29 is 14.4 Å². The second-order valence-electron chi connectivity index (χ2n) is 3.19. The Kier molecular flexibility index (Phi) is 2.49. The van der Waals surface area contributed by atoms with Crippen LogP contribution in [0, 0.1) is 11.3 Å². The molecule has 0 aliphatic carbocycles. The van der Waals surface area contributed by atoms with Gasteiger partial charge in [0.25, 0.3) is 0 Å². The molecule has 0 aliphatic rings. The van der Waals surface area contributed by atoms with Crippen LogP contribution in [-0.4, -0.2) is 14.8 Å². The molecule has 0 spiro atoms. The Balaban J connectivity index is 2.91. The molecule has 0 saturated heterocycles. The fraction of sp³-hybridized carbons (Fsp3) is 0. The van der Waals surface area contributed by atoms with Gasteiger partial charge in [-0.3, -0.25) is 4.57 Å². The van der Waals surface area contributed by atoms with Crippen LogP contribution in [0.4, 0.5) is 0 Å². The number of hydrogen-bond donors (Lipinski definition) is 2. The van der Waals surface area contributed by atoms with Crippen molar-refractivity contribution in [2.24, 2.45) is 0 Å². The van der Waals surface area contributed by atoms with Gasteiger partial charge in [-0.25, -0.2) is 4.98 Å². The number of rotatable bonds is 1. The molecule has 6 heteroatoms. The predicted octanol–water partition coefficient (Wildman–Crippen LogP) is 0.909. The van der Waals surface area contributed by atoms with Crippen LogP contribution < -0.4 is 5.30 Å². The minimum Gasteiger partial charge on any atom is -0.321 e. The van der Waals surface area contributed by atoms with Crippen molar-refractivity contribution in [3.63, 3.8) is 0 Å². The van der Waals surface area contributed by atoms with Gasteiger partial charge >= 0.3 is 7.60 Å². The third kappa shape index (κ3) is 1.70. The summed E-state index contributed by atoms with van der Waals surface area (Å²) >= 11 is 0. The quantitative estimate of drug-likeness (QED) is 0.715. The summed E-state index contributed by atoms with van der Waals surface area (Å²) in [5.74, 6) is 0. The molecule has 2 N–H and O–H groups in total. The maximum absolute atomic E-state index is 11.2. The Labute approximate surface area is 91.1 Å². The van der Waals surface area contributed by atoms with Gasteiger partial charge in [0.05, 0.1) is 5.30 Å². The van der Waals surface area contributed by atoms with Gasteiger partial charge < -0.3 is 9.79 Å². The Morgan fingerprint density at radius 1 is 1.25 bits per heavy atom. The van der Waals surface area contributed by atoms with E-state index < -0.39 is 7.60 Å². The maximum atomic E-state index is 11.2. The van der Waals surface area contributed by atoms with Crippen molar-refractivity contribution in [1.82, 2.24) is 4.98 Å². The van der Waals surface area contributed by atoms with Crippen LogP contribution in [0.1, 0.15) is 5.69 Å². The molecule has 1 aromatic heterocycles. The van der Waals surface area contributed by atoms with E-state index in [4.69, 9.17) is 15.0 Å². The molecule has 0 atom stereocenters. The average Bonchev–Trinajstić information content (AvgIpc) is 2.26. The summed E-state index contributed by atoms with van der Waals surface area (Å²) < 4.78 is 11.2. The van der Waals surface area contributed by atoms with Crippen LogP contribution in [0.2, 0.25) is 0 Å². The van der Waals surface area contributed by atoms with Crippen molar-refractivity contribution in [1.29, 1.82) is 5.26 Å². The Hall–Kier alpha value is -1.73. The lowest BCUT2D eigenvalue weighted by molar-refractivity contribution is 0.388. The molecule has 0 unspecified atom stereocenters. The van der Waals surface area contributed by atoms with Gasteiger partial charge in [-0.05, 0) is 12.1 Å². The van der Waals surface area contributed by atoms with E-state index >= 15 is 0 Å². The Morgan fingerprint density at radius 3 is 2.62 bits per heavy atom. The van der Waals surface area contributed by atoms with E-state index in [0.29, 0.717) is 10.8 Å². The van der Waals surface area contributed by atoms with Gasteiger partial charge in [0.1, 0.15) is 11.8 Å². The molecule has 0 fully saturated rings. The lowest BCUT2D eigenvalue weighted by Crippen LogP contribution is -2.05. The highest BCUT2D eigenvalue weighted by molar-refractivity contribution is 7.60. The normalized spacial score (nSPS) is 11.3. The SMILES string of the molecule is N#Cc1nccc2c(P(=O)(O)O)cccc12. The molecule has 1 aromatic carbocycles. The largest absolute Gasteiger partial charge is 0.356 e. The lowest BCUT2D eigenvalue weighted by Gasteiger charge is -2.07. The van der Waals surface area contributed by atoms with Crippen LogP contribution in [0.3, 0.4) is 0 Å². The van der Waals surface area contributed by atoms with Crippen molar-refractivity contribution in [2.45, 2.75) is 0 Å². The van der Waals surface area contributed by atoms with Gasteiger partial charge in [-0.15, -0.1) is 0 Å². The molecule has 1 heterocycles. The molecule has 16 heavy (non-hydrogen) atoms. The standard InChI is InChI=1S/C10H7N2O3P/c11-6-9-7-2-1-3-10(16(13,14)15)8(7)4-5-12-9/h1-5H,(H2,13,14,15). The topological polar surface area (TPSA) is 94.2 Å². The molecule has 0 amide bonds. The summed E-state index contributed by atoms with van der Waals surface area (Å²) in [7, 11) is -4.33. The van der Waals surface area contributed by atoms with Crippen LogP contribution in [-0.2, 0) is 4.57 Å². The van der Waals surface area contributed by atoms with Crippen molar-refractivity contribution in [2.75, 3.05) is 0 Å². The van der Waals surface area contributed by atoms with Crippen LogP contribution in [0.15, 0.2) is 30.5 Å². The monoisotopic (exact) mass is 234 g/mol. The Morgan fingerprint density at radius 2 is 2.00 bits per heavy atom. The fourth-order valence-electron chi connectivity index (χ4n) is 1.53. The summed E-state index contributed by atoms with van der Waals surface area (Å²) in [6, 6.07) is 7.84. The molecule has 2 aromatic rings. The van der Waals surface area contributed by atoms with E-state index in [2.05, 4.69) is 4.98 Å². The van der Waals surface area contributed by atoms with E-state index in [-0.39, 0.29) is 11.0 Å². The second-order valence-corrected chi connectivity index (χ2v) is 4.76. The zero-order valence-electron chi connectivity index (χ0n) is 8.03. The van der Waals surface area contributed by atoms with Crippen molar-refractivity contribution >= 4 is 23.7 Å². The second kappa shape index (κ2) is 3.69. The molecular weight excluding hydrogens is 227 g/mol. The first kappa shape index (κ1) is 10.8. The van der Waals surface area contributed by atoms with Crippen molar-refractivity contribution in [3.8, 4) is 6.07 Å². The van der Waals surface area contributed by atoms with Crippen LogP contribution in [0.25, 0.3) is 10.8 Å². The van der Waals surface area contributed by atoms with Crippen LogP contribution >= 0.6 is 7.60 Å². The smallest absolute Gasteiger partial charge is 0.321 e. The average molecular weight is 234 g/mol. The van der Waals surface area contributed by atoms with Crippen LogP contribution in [0.5, 0.6) is 0 Å². The first-order valence-corrected chi connectivity index (χ1v) is 5.99. The number of hydrogen-bond acceptors (Lipinski definition) is 3. The molecular formula is C10H7N2O3P. The zero-order valence-corrected chi connectivity index (χ0v) is 8.93. The summed E-state index contributed by atoms with van der Waals surface area (Å²) in [5.41, 5.74) is 0.160. The molecule has 0 radical (unpaired) electrons. The fourth-order valence-corrected chi connectivity index (χ4v) is 2.32. The molecule has 0 saturated carbocycles. The van der Waals surface area contributed by atoms with Gasteiger partial charge in [-0.1, -0.05) is 12.1 Å². The number of pyridine rings is 1. The lowest BCUT2D eigenvalue weighted by atomic mass is 10.1. The maximum Gasteiger partial charge on any atom is 0.356 e. The minimum absolute atomic E-state index is 0.0797. The number of nitrogens with zero attached hydrogens (tertiary/aromatic N) is 2. The predicted molar refractivity (Wildman–Crippen MR) is 58.1 cm³/mol. The summed E-state index contributed by atoms with van der Waals surface area (Å²) in [4.78, 5) is 22.2.